The molecule has 0 radical (unpaired) electrons. The van der Waals surface area contributed by atoms with E-state index in [1.807, 2.05) is 18.2 Å². The summed E-state index contributed by atoms with van der Waals surface area (Å²) in [6.45, 7) is 1.77. The first-order valence-corrected chi connectivity index (χ1v) is 6.27. The number of rotatable bonds is 3. The van der Waals surface area contributed by atoms with Gasteiger partial charge in [0.25, 0.3) is 0 Å². The van der Waals surface area contributed by atoms with Crippen molar-refractivity contribution >= 4 is 16.1 Å². The largest absolute Gasteiger partial charge is 0.399 e. The van der Waals surface area contributed by atoms with Gasteiger partial charge in [-0.25, -0.2) is 4.18 Å². The summed E-state index contributed by atoms with van der Waals surface area (Å²) in [5.41, 5.74) is 4.41. The summed E-state index contributed by atoms with van der Waals surface area (Å²) in [5.74, 6) is 0. The van der Waals surface area contributed by atoms with E-state index in [9.17, 15) is 8.42 Å². The van der Waals surface area contributed by atoms with Crippen LogP contribution in [-0.4, -0.2) is 19.2 Å². The molecule has 0 amide bonds. The fraction of sp³-hybridized carbons (Fsp3) is 0.200. The highest BCUT2D eigenvalue weighted by Gasteiger charge is 2.27. The Bertz CT molecular complexity index is 526. The number of para-hydroxylation sites is 1. The summed E-state index contributed by atoms with van der Waals surface area (Å²) in [5, 5.41) is 1.50. The smallest absolute Gasteiger partial charge is 0.300 e. The van der Waals surface area contributed by atoms with Gasteiger partial charge in [-0.3, -0.25) is 9.56 Å². The summed E-state index contributed by atoms with van der Waals surface area (Å²) >= 11 is 0. The minimum absolute atomic E-state index is 0.731. The maximum absolute atomic E-state index is 10.7. The van der Waals surface area contributed by atoms with Crippen LogP contribution in [0.1, 0.15) is 6.92 Å². The predicted octanol–water partition coefficient (Wildman–Crippen LogP) is 1.06. The maximum atomic E-state index is 10.7. The minimum atomic E-state index is -4.50. The molecule has 1 atom stereocenters. The third-order valence-corrected chi connectivity index (χ3v) is 2.64. The van der Waals surface area contributed by atoms with Crippen LogP contribution < -0.4 is 10.4 Å². The van der Waals surface area contributed by atoms with Gasteiger partial charge in [-0.1, -0.05) is 18.2 Å². The summed E-state index contributed by atoms with van der Waals surface area (Å²) in [4.78, 5) is 0. The molecule has 92 valence electrons. The number of hydrogen-bond acceptors (Lipinski definition) is 5. The Kier molecular flexibility index (Phi) is 3.05. The average Bonchev–Trinajstić information content (AvgIpc) is 2.58. The van der Waals surface area contributed by atoms with E-state index in [-0.39, 0.29) is 0 Å². The molecule has 1 aromatic carbocycles. The first-order chi connectivity index (χ1) is 7.96. The van der Waals surface area contributed by atoms with Crippen molar-refractivity contribution in [1.82, 2.24) is 5.43 Å². The van der Waals surface area contributed by atoms with Gasteiger partial charge in [-0.05, 0) is 25.1 Å². The average molecular weight is 256 g/mol. The van der Waals surface area contributed by atoms with Gasteiger partial charge in [-0.2, -0.15) is 8.42 Å². The Morgan fingerprint density at radius 1 is 1.35 bits per heavy atom. The predicted molar refractivity (Wildman–Crippen MR) is 62.2 cm³/mol. The lowest BCUT2D eigenvalue weighted by atomic mass is 10.3. The third-order valence-electron chi connectivity index (χ3n) is 2.20. The molecule has 0 saturated heterocycles. The molecular formula is C10H12N2O4S. The first kappa shape index (κ1) is 11.9. The highest BCUT2D eigenvalue weighted by molar-refractivity contribution is 7.80. The molecule has 0 saturated carbocycles. The molecule has 0 aromatic heterocycles. The van der Waals surface area contributed by atoms with Crippen molar-refractivity contribution in [2.24, 2.45) is 0 Å². The number of hydrazine groups is 1. The van der Waals surface area contributed by atoms with Gasteiger partial charge in [0.05, 0.1) is 5.69 Å². The second-order valence-electron chi connectivity index (χ2n) is 3.58. The summed E-state index contributed by atoms with van der Waals surface area (Å²) in [6.07, 6.45) is 0.660. The van der Waals surface area contributed by atoms with Gasteiger partial charge in [0.2, 0.25) is 0 Å². The monoisotopic (exact) mass is 256 g/mol. The van der Waals surface area contributed by atoms with E-state index in [4.69, 9.17) is 4.55 Å². The number of nitrogens with zero attached hydrogens (tertiary/aromatic N) is 1. The molecule has 0 aliphatic carbocycles. The van der Waals surface area contributed by atoms with Crippen LogP contribution in [-0.2, 0) is 14.6 Å². The van der Waals surface area contributed by atoms with E-state index in [2.05, 4.69) is 9.61 Å². The van der Waals surface area contributed by atoms with Crippen molar-refractivity contribution in [1.29, 1.82) is 0 Å². The standard InChI is InChI=1S/C10H12N2O4S/c1-8-7-10(16-17(13,14)15)12(11-8)9-5-3-2-4-6-9/h2-7,10-11H,1H3,(H,13,14,15). The molecule has 7 heteroatoms. The van der Waals surface area contributed by atoms with Gasteiger partial charge in [0.15, 0.2) is 6.23 Å². The second-order valence-corrected chi connectivity index (χ2v) is 4.63. The third kappa shape index (κ3) is 2.96. The molecule has 1 aliphatic rings. The molecule has 6 nitrogen and oxygen atoms in total. The number of benzene rings is 1. The normalized spacial score (nSPS) is 20.0. The molecule has 1 unspecified atom stereocenters. The Balaban J connectivity index is 2.24. The van der Waals surface area contributed by atoms with Crippen LogP contribution in [0.4, 0.5) is 5.69 Å². The summed E-state index contributed by atoms with van der Waals surface area (Å²) in [6, 6.07) is 9.06. The molecule has 0 bridgehead atoms. The van der Waals surface area contributed by atoms with Crippen LogP contribution in [0.3, 0.4) is 0 Å². The molecule has 1 aliphatic heterocycles. The van der Waals surface area contributed by atoms with E-state index in [1.165, 1.54) is 5.01 Å². The molecule has 17 heavy (non-hydrogen) atoms. The molecule has 1 aromatic rings. The van der Waals surface area contributed by atoms with E-state index in [0.29, 0.717) is 0 Å². The Morgan fingerprint density at radius 2 is 2.00 bits per heavy atom. The van der Waals surface area contributed by atoms with E-state index in [1.54, 1.807) is 25.1 Å². The van der Waals surface area contributed by atoms with Crippen LogP contribution in [0.25, 0.3) is 0 Å². The van der Waals surface area contributed by atoms with Crippen LogP contribution >= 0.6 is 0 Å². The Hall–Kier alpha value is -1.57. The van der Waals surface area contributed by atoms with Crippen LogP contribution in [0.2, 0.25) is 0 Å². The number of anilines is 1. The van der Waals surface area contributed by atoms with Crippen LogP contribution in [0.15, 0.2) is 42.1 Å². The number of allylic oxidation sites excluding steroid dienone is 1. The SMILES string of the molecule is CC1=CC(OS(=O)(=O)O)N(c2ccccc2)N1. The van der Waals surface area contributed by atoms with Crippen molar-refractivity contribution in [3.05, 3.63) is 42.1 Å². The fourth-order valence-corrected chi connectivity index (χ4v) is 1.97. The topological polar surface area (TPSA) is 78.9 Å². The lowest BCUT2D eigenvalue weighted by Gasteiger charge is -2.25. The molecule has 0 spiro atoms. The maximum Gasteiger partial charge on any atom is 0.399 e. The zero-order chi connectivity index (χ0) is 12.5. The zero-order valence-corrected chi connectivity index (χ0v) is 9.89. The highest BCUT2D eigenvalue weighted by atomic mass is 32.3. The van der Waals surface area contributed by atoms with Gasteiger partial charge >= 0.3 is 10.4 Å². The fourth-order valence-electron chi connectivity index (χ4n) is 1.57. The van der Waals surface area contributed by atoms with Gasteiger partial charge in [0, 0.05) is 5.70 Å². The van der Waals surface area contributed by atoms with Crippen molar-refractivity contribution in [3.8, 4) is 0 Å². The molecule has 2 N–H and O–H groups in total. The van der Waals surface area contributed by atoms with Gasteiger partial charge in [-0.15, -0.1) is 0 Å². The van der Waals surface area contributed by atoms with Crippen molar-refractivity contribution in [2.75, 3.05) is 5.01 Å². The van der Waals surface area contributed by atoms with Gasteiger partial charge in [0.1, 0.15) is 0 Å². The van der Waals surface area contributed by atoms with E-state index in [0.717, 1.165) is 11.4 Å². The summed E-state index contributed by atoms with van der Waals surface area (Å²) in [7, 11) is -4.50. The molecule has 0 fully saturated rings. The van der Waals surface area contributed by atoms with E-state index < -0.39 is 16.6 Å². The van der Waals surface area contributed by atoms with E-state index >= 15 is 0 Å². The van der Waals surface area contributed by atoms with Crippen LogP contribution in [0.5, 0.6) is 0 Å². The molecular weight excluding hydrogens is 244 g/mol. The van der Waals surface area contributed by atoms with Crippen LogP contribution in [0, 0.1) is 0 Å². The Labute approximate surface area is 99.4 Å². The molecule has 2 rings (SSSR count). The Morgan fingerprint density at radius 3 is 2.59 bits per heavy atom. The lowest BCUT2D eigenvalue weighted by molar-refractivity contribution is 0.215. The summed E-state index contributed by atoms with van der Waals surface area (Å²) < 4.78 is 34.7. The zero-order valence-electron chi connectivity index (χ0n) is 9.07. The number of hydrogen-bond donors (Lipinski definition) is 2. The second kappa shape index (κ2) is 4.36. The lowest BCUT2D eigenvalue weighted by Crippen LogP contribution is -2.40. The van der Waals surface area contributed by atoms with Crippen molar-refractivity contribution in [2.45, 2.75) is 13.2 Å². The van der Waals surface area contributed by atoms with Crippen molar-refractivity contribution in [3.63, 3.8) is 0 Å². The minimum Gasteiger partial charge on any atom is -0.300 e. The first-order valence-electron chi connectivity index (χ1n) is 4.91. The highest BCUT2D eigenvalue weighted by Crippen LogP contribution is 2.22. The quantitative estimate of drug-likeness (QED) is 0.787. The number of nitrogens with one attached hydrogen (secondary N) is 1. The molecule has 1 heterocycles. The van der Waals surface area contributed by atoms with Crippen molar-refractivity contribution < 1.29 is 17.2 Å². The van der Waals surface area contributed by atoms with Gasteiger partial charge < -0.3 is 5.43 Å².